The van der Waals surface area contributed by atoms with Crippen LogP contribution < -0.4 is 5.32 Å². The number of aliphatic carboxylic acids is 1. The summed E-state index contributed by atoms with van der Waals surface area (Å²) in [6.07, 6.45) is 0. The van der Waals surface area contributed by atoms with Gasteiger partial charge in [0.25, 0.3) is 0 Å². The highest BCUT2D eigenvalue weighted by molar-refractivity contribution is 7.80. The topological polar surface area (TPSA) is 62.2 Å². The summed E-state index contributed by atoms with van der Waals surface area (Å²) in [6.45, 7) is 0.347. The lowest BCUT2D eigenvalue weighted by Crippen LogP contribution is -2.37. The van der Waals surface area contributed by atoms with E-state index < -0.39 is 12.0 Å². The predicted octanol–water partition coefficient (Wildman–Crippen LogP) is 1.86. The fourth-order valence-electron chi connectivity index (χ4n) is 1.09. The van der Waals surface area contributed by atoms with E-state index in [0.29, 0.717) is 6.54 Å². The van der Waals surface area contributed by atoms with Gasteiger partial charge in [0.1, 0.15) is 16.3 Å². The molecule has 0 saturated heterocycles. The molecule has 0 spiro atoms. The minimum absolute atomic E-state index is 0.210. The van der Waals surface area contributed by atoms with E-state index in [-0.39, 0.29) is 16.1 Å². The van der Waals surface area contributed by atoms with Gasteiger partial charge in [-0.05, 0) is 17.7 Å². The lowest BCUT2D eigenvalue weighted by atomic mass is 10.2. The fourth-order valence-corrected chi connectivity index (χ4v) is 1.88. The van der Waals surface area contributed by atoms with E-state index in [1.807, 2.05) is 0 Å². The van der Waals surface area contributed by atoms with Crippen LogP contribution in [0.4, 0.5) is 0 Å². The molecule has 0 unspecified atom stereocenters. The summed E-state index contributed by atoms with van der Waals surface area (Å²) in [6, 6.07) is 2.55. The van der Waals surface area contributed by atoms with Crippen molar-refractivity contribution in [2.24, 2.45) is 0 Å². The van der Waals surface area contributed by atoms with Crippen molar-refractivity contribution in [3.05, 3.63) is 28.0 Å². The molecule has 0 amide bonds. The van der Waals surface area contributed by atoms with Crippen LogP contribution in [-0.4, -0.2) is 27.9 Å². The number of carboxylic acids is 1. The van der Waals surface area contributed by atoms with Crippen LogP contribution in [0.25, 0.3) is 0 Å². The first-order chi connectivity index (χ1) is 7.52. The summed E-state index contributed by atoms with van der Waals surface area (Å²) < 4.78 is 0. The number of halogens is 2. The van der Waals surface area contributed by atoms with Gasteiger partial charge in [-0.1, -0.05) is 23.2 Å². The molecule has 2 N–H and O–H groups in total. The number of nitrogens with zero attached hydrogens (tertiary/aromatic N) is 1. The molecule has 1 heterocycles. The third kappa shape index (κ3) is 4.17. The Labute approximate surface area is 108 Å². The molecule has 1 aromatic heterocycles. The van der Waals surface area contributed by atoms with E-state index in [9.17, 15) is 4.79 Å². The largest absolute Gasteiger partial charge is 0.480 e. The molecule has 0 fully saturated rings. The van der Waals surface area contributed by atoms with Crippen LogP contribution in [0.1, 0.15) is 5.56 Å². The highest BCUT2D eigenvalue weighted by Gasteiger charge is 2.14. The summed E-state index contributed by atoms with van der Waals surface area (Å²) in [7, 11) is 0. The summed E-state index contributed by atoms with van der Waals surface area (Å²) in [5.74, 6) is -0.733. The molecule has 0 aliphatic carbocycles. The van der Waals surface area contributed by atoms with Crippen LogP contribution in [0.15, 0.2) is 12.1 Å². The Bertz CT molecular complexity index is 370. The maximum Gasteiger partial charge on any atom is 0.321 e. The van der Waals surface area contributed by atoms with E-state index in [2.05, 4.69) is 22.9 Å². The molecule has 0 bridgehead atoms. The number of carboxylic acid groups (broad SMARTS) is 1. The van der Waals surface area contributed by atoms with Gasteiger partial charge in [-0.15, -0.1) is 0 Å². The Morgan fingerprint density at radius 1 is 1.50 bits per heavy atom. The van der Waals surface area contributed by atoms with Crippen molar-refractivity contribution >= 4 is 41.8 Å². The second-order valence-corrected chi connectivity index (χ2v) is 4.21. The summed E-state index contributed by atoms with van der Waals surface area (Å²) >= 11 is 15.3. The van der Waals surface area contributed by atoms with Gasteiger partial charge in [0.05, 0.1) is 0 Å². The summed E-state index contributed by atoms with van der Waals surface area (Å²) in [4.78, 5) is 14.5. The number of rotatable bonds is 5. The lowest BCUT2D eigenvalue weighted by molar-refractivity contribution is -0.138. The van der Waals surface area contributed by atoms with Gasteiger partial charge in [-0.25, -0.2) is 4.98 Å². The van der Waals surface area contributed by atoms with Gasteiger partial charge < -0.3 is 5.11 Å². The van der Waals surface area contributed by atoms with Crippen molar-refractivity contribution in [1.82, 2.24) is 10.3 Å². The number of hydrogen-bond acceptors (Lipinski definition) is 4. The first kappa shape index (κ1) is 13.6. The number of pyridine rings is 1. The summed E-state index contributed by atoms with van der Waals surface area (Å²) in [5, 5.41) is 12.2. The smallest absolute Gasteiger partial charge is 0.321 e. The molecular formula is C9H10Cl2N2O2S. The van der Waals surface area contributed by atoms with E-state index in [1.165, 1.54) is 0 Å². The minimum atomic E-state index is -0.943. The lowest BCUT2D eigenvalue weighted by Gasteiger charge is -2.11. The van der Waals surface area contributed by atoms with E-state index in [0.717, 1.165) is 5.56 Å². The number of thiol groups is 1. The molecule has 0 saturated carbocycles. The van der Waals surface area contributed by atoms with Crippen molar-refractivity contribution in [2.45, 2.75) is 12.6 Å². The minimum Gasteiger partial charge on any atom is -0.480 e. The summed E-state index contributed by atoms with van der Waals surface area (Å²) in [5.41, 5.74) is 0.776. The monoisotopic (exact) mass is 280 g/mol. The van der Waals surface area contributed by atoms with Gasteiger partial charge in [0.15, 0.2) is 0 Å². The second-order valence-electron chi connectivity index (χ2n) is 3.08. The third-order valence-electron chi connectivity index (χ3n) is 1.86. The van der Waals surface area contributed by atoms with Gasteiger partial charge in [0, 0.05) is 12.3 Å². The molecule has 7 heteroatoms. The standard InChI is InChI=1S/C9H10Cl2N2O2S/c10-7-1-5(2-8(11)13-7)3-12-6(4-16)9(14)15/h1-2,6,12,16H,3-4H2,(H,14,15)/t6-/m0/s1. The van der Waals surface area contributed by atoms with Crippen molar-refractivity contribution in [3.63, 3.8) is 0 Å². The van der Waals surface area contributed by atoms with Crippen molar-refractivity contribution < 1.29 is 9.90 Å². The molecule has 1 atom stereocenters. The average Bonchev–Trinajstić information content (AvgIpc) is 2.16. The maximum atomic E-state index is 10.7. The van der Waals surface area contributed by atoms with Gasteiger partial charge >= 0.3 is 5.97 Å². The molecular weight excluding hydrogens is 271 g/mol. The first-order valence-corrected chi connectivity index (χ1v) is 5.80. The zero-order chi connectivity index (χ0) is 12.1. The van der Waals surface area contributed by atoms with Gasteiger partial charge in [-0.3, -0.25) is 10.1 Å². The zero-order valence-corrected chi connectivity index (χ0v) is 10.6. The van der Waals surface area contributed by atoms with Gasteiger partial charge in [0.2, 0.25) is 0 Å². The normalized spacial score (nSPS) is 12.4. The highest BCUT2D eigenvalue weighted by atomic mass is 35.5. The van der Waals surface area contributed by atoms with Crippen LogP contribution in [0.2, 0.25) is 10.3 Å². The van der Waals surface area contributed by atoms with Crippen LogP contribution in [0.3, 0.4) is 0 Å². The predicted molar refractivity (Wildman–Crippen MR) is 66.4 cm³/mol. The van der Waals surface area contributed by atoms with Crippen molar-refractivity contribution in [2.75, 3.05) is 5.75 Å². The van der Waals surface area contributed by atoms with Crippen LogP contribution >= 0.6 is 35.8 Å². The zero-order valence-electron chi connectivity index (χ0n) is 8.15. The van der Waals surface area contributed by atoms with Crippen LogP contribution in [0, 0.1) is 0 Å². The highest BCUT2D eigenvalue weighted by Crippen LogP contribution is 2.14. The molecule has 1 aromatic rings. The van der Waals surface area contributed by atoms with E-state index in [1.54, 1.807) is 12.1 Å². The van der Waals surface area contributed by atoms with Crippen molar-refractivity contribution in [3.8, 4) is 0 Å². The SMILES string of the molecule is O=C(O)[C@H](CS)NCc1cc(Cl)nc(Cl)c1. The molecule has 88 valence electrons. The third-order valence-corrected chi connectivity index (χ3v) is 2.61. The second kappa shape index (κ2) is 6.30. The Hall–Kier alpha value is -0.490. The van der Waals surface area contributed by atoms with Crippen LogP contribution in [0.5, 0.6) is 0 Å². The Morgan fingerprint density at radius 2 is 2.06 bits per heavy atom. The quantitative estimate of drug-likeness (QED) is 0.569. The maximum absolute atomic E-state index is 10.7. The number of aromatic nitrogens is 1. The molecule has 4 nitrogen and oxygen atoms in total. The molecule has 16 heavy (non-hydrogen) atoms. The first-order valence-electron chi connectivity index (χ1n) is 4.42. The number of nitrogens with one attached hydrogen (secondary N) is 1. The average molecular weight is 281 g/mol. The molecule has 0 radical (unpaired) electrons. The van der Waals surface area contributed by atoms with Crippen LogP contribution in [-0.2, 0) is 11.3 Å². The van der Waals surface area contributed by atoms with Crippen molar-refractivity contribution in [1.29, 1.82) is 0 Å². The molecule has 0 aliphatic heterocycles. The molecule has 0 aromatic carbocycles. The Balaban J connectivity index is 2.63. The fraction of sp³-hybridized carbons (Fsp3) is 0.333. The molecule has 0 aliphatic rings. The Kier molecular flexibility index (Phi) is 5.34. The van der Waals surface area contributed by atoms with Gasteiger partial charge in [-0.2, -0.15) is 12.6 Å². The van der Waals surface area contributed by atoms with E-state index >= 15 is 0 Å². The van der Waals surface area contributed by atoms with E-state index in [4.69, 9.17) is 28.3 Å². The number of hydrogen-bond donors (Lipinski definition) is 3. The molecule has 1 rings (SSSR count). The Morgan fingerprint density at radius 3 is 2.50 bits per heavy atom. The number of carbonyl (C=O) groups is 1.